The van der Waals surface area contributed by atoms with Crippen LogP contribution in [0.15, 0.2) is 59.8 Å². The van der Waals surface area contributed by atoms with Crippen LogP contribution in [0.5, 0.6) is 5.75 Å². The van der Waals surface area contributed by atoms with Gasteiger partial charge in [0.05, 0.1) is 18.5 Å². The minimum absolute atomic E-state index is 0.212. The molecule has 1 aromatic heterocycles. The zero-order valence-corrected chi connectivity index (χ0v) is 19.4. The molecule has 3 aromatic rings. The van der Waals surface area contributed by atoms with Crippen molar-refractivity contribution in [3.8, 4) is 5.75 Å². The molecule has 0 radical (unpaired) electrons. The third-order valence-corrected chi connectivity index (χ3v) is 5.62. The molecule has 0 bridgehead atoms. The topological polar surface area (TPSA) is 115 Å². The number of nitrogens with two attached hydrogens (primary N) is 2. The molecule has 178 valence electrons. The number of para-hydroxylation sites is 1. The van der Waals surface area contributed by atoms with Crippen LogP contribution in [0, 0.1) is 6.92 Å². The number of anilines is 4. The number of hydrogen-bond acceptors (Lipinski definition) is 9. The van der Waals surface area contributed by atoms with Crippen LogP contribution in [0.25, 0.3) is 0 Å². The summed E-state index contributed by atoms with van der Waals surface area (Å²) in [5.74, 6) is 1.52. The first-order valence-corrected chi connectivity index (χ1v) is 11.4. The Morgan fingerprint density at radius 3 is 2.32 bits per heavy atom. The number of ether oxygens (including phenoxy) is 1. The van der Waals surface area contributed by atoms with Crippen LogP contribution in [0.2, 0.25) is 0 Å². The van der Waals surface area contributed by atoms with E-state index in [1.54, 1.807) is 6.21 Å². The van der Waals surface area contributed by atoms with Gasteiger partial charge in [-0.2, -0.15) is 4.98 Å². The number of benzene rings is 2. The largest absolute Gasteiger partial charge is 0.493 e. The minimum Gasteiger partial charge on any atom is -0.493 e. The molecule has 0 amide bonds. The summed E-state index contributed by atoms with van der Waals surface area (Å²) in [6, 6.07) is 18.1. The molecular formula is C25H31N7O2. The van der Waals surface area contributed by atoms with Gasteiger partial charge in [0.15, 0.2) is 5.82 Å². The summed E-state index contributed by atoms with van der Waals surface area (Å²) in [5.41, 5.74) is 15.7. The molecule has 1 fully saturated rings. The average Bonchev–Trinajstić information content (AvgIpc) is 2.84. The smallest absolute Gasteiger partial charge is 0.222 e. The maximum Gasteiger partial charge on any atom is 0.222 e. The molecule has 34 heavy (non-hydrogen) atoms. The maximum absolute atomic E-state index is 6.10. The lowest BCUT2D eigenvalue weighted by atomic mass is 10.2. The predicted molar refractivity (Wildman–Crippen MR) is 137 cm³/mol. The van der Waals surface area contributed by atoms with Crippen molar-refractivity contribution < 1.29 is 9.57 Å². The first-order chi connectivity index (χ1) is 16.6. The Labute approximate surface area is 200 Å². The number of nitrogens with zero attached hydrogens (tertiary/aromatic N) is 5. The summed E-state index contributed by atoms with van der Waals surface area (Å²) in [7, 11) is 0. The number of piperazine rings is 1. The van der Waals surface area contributed by atoms with E-state index in [2.05, 4.69) is 37.1 Å². The van der Waals surface area contributed by atoms with Gasteiger partial charge in [-0.3, -0.25) is 0 Å². The molecule has 2 aromatic carbocycles. The quantitative estimate of drug-likeness (QED) is 0.284. The molecule has 0 spiro atoms. The molecule has 4 rings (SSSR count). The van der Waals surface area contributed by atoms with Gasteiger partial charge in [0.2, 0.25) is 5.95 Å². The van der Waals surface area contributed by atoms with Crippen molar-refractivity contribution in [3.63, 3.8) is 0 Å². The second-order valence-corrected chi connectivity index (χ2v) is 8.05. The first kappa shape index (κ1) is 23.2. The second kappa shape index (κ2) is 11.2. The van der Waals surface area contributed by atoms with Crippen LogP contribution < -0.4 is 26.0 Å². The van der Waals surface area contributed by atoms with Gasteiger partial charge in [0, 0.05) is 38.3 Å². The lowest BCUT2D eigenvalue weighted by Crippen LogP contribution is -2.47. The normalized spacial score (nSPS) is 13.9. The molecular weight excluding hydrogens is 430 g/mol. The number of rotatable bonds is 9. The van der Waals surface area contributed by atoms with E-state index >= 15 is 0 Å². The highest BCUT2D eigenvalue weighted by Crippen LogP contribution is 2.27. The van der Waals surface area contributed by atoms with Gasteiger partial charge in [0.25, 0.3) is 0 Å². The fourth-order valence-electron chi connectivity index (χ4n) is 3.94. The second-order valence-electron chi connectivity index (χ2n) is 8.05. The molecule has 9 heteroatoms. The van der Waals surface area contributed by atoms with Crippen LogP contribution in [0.1, 0.15) is 17.7 Å². The lowest BCUT2D eigenvalue weighted by Gasteiger charge is -2.38. The highest BCUT2D eigenvalue weighted by atomic mass is 16.6. The monoisotopic (exact) mass is 461 g/mol. The van der Waals surface area contributed by atoms with E-state index in [0.717, 1.165) is 55.3 Å². The van der Waals surface area contributed by atoms with E-state index in [4.69, 9.17) is 21.0 Å². The summed E-state index contributed by atoms with van der Waals surface area (Å²) in [5, 5.41) is 4.06. The van der Waals surface area contributed by atoms with Crippen LogP contribution in [0.3, 0.4) is 0 Å². The Kier molecular flexibility index (Phi) is 7.64. The summed E-state index contributed by atoms with van der Waals surface area (Å²) >= 11 is 0. The molecule has 1 aliphatic heterocycles. The first-order valence-electron chi connectivity index (χ1n) is 11.4. The SMILES string of the molecule is Cc1nc(N)nc(N)c1N1CCN(c2ccc(/C=N/OCCCOc3ccccc3)cc2)CC1. The van der Waals surface area contributed by atoms with Gasteiger partial charge < -0.3 is 30.8 Å². The molecule has 2 heterocycles. The van der Waals surface area contributed by atoms with Crippen molar-refractivity contribution in [3.05, 3.63) is 65.9 Å². The van der Waals surface area contributed by atoms with E-state index in [-0.39, 0.29) is 5.95 Å². The summed E-state index contributed by atoms with van der Waals surface area (Å²) in [6.07, 6.45) is 2.50. The maximum atomic E-state index is 6.10. The Balaban J connectivity index is 1.20. The van der Waals surface area contributed by atoms with Crippen LogP contribution in [0.4, 0.5) is 23.1 Å². The van der Waals surface area contributed by atoms with Gasteiger partial charge in [-0.25, -0.2) is 4.98 Å². The third-order valence-electron chi connectivity index (χ3n) is 5.62. The average molecular weight is 462 g/mol. The van der Waals surface area contributed by atoms with E-state index < -0.39 is 0 Å². The van der Waals surface area contributed by atoms with Gasteiger partial charge in [-0.1, -0.05) is 35.5 Å². The standard InChI is InChI=1S/C25H31N7O2/c1-19-23(24(26)30-25(27)29-19)32-14-12-31(13-15-32)21-10-8-20(9-11-21)18-28-34-17-5-16-33-22-6-3-2-4-7-22/h2-4,6-11,18H,5,12-17H2,1H3,(H4,26,27,29,30)/b28-18+. The number of oxime groups is 1. The van der Waals surface area contributed by atoms with Crippen molar-refractivity contribution in [1.29, 1.82) is 0 Å². The fourth-order valence-corrected chi connectivity index (χ4v) is 3.94. The van der Waals surface area contributed by atoms with Gasteiger partial charge >= 0.3 is 0 Å². The summed E-state index contributed by atoms with van der Waals surface area (Å²) in [6.45, 7) is 6.45. The summed E-state index contributed by atoms with van der Waals surface area (Å²) < 4.78 is 5.63. The molecule has 1 aliphatic rings. The molecule has 0 unspecified atom stereocenters. The van der Waals surface area contributed by atoms with Gasteiger partial charge in [0.1, 0.15) is 18.0 Å². The van der Waals surface area contributed by atoms with E-state index in [0.29, 0.717) is 19.0 Å². The zero-order chi connectivity index (χ0) is 23.8. The van der Waals surface area contributed by atoms with Crippen LogP contribution in [-0.4, -0.2) is 55.6 Å². The minimum atomic E-state index is 0.212. The Morgan fingerprint density at radius 2 is 1.62 bits per heavy atom. The molecule has 9 nitrogen and oxygen atoms in total. The van der Waals surface area contributed by atoms with E-state index in [1.165, 1.54) is 5.69 Å². The third kappa shape index (κ3) is 6.06. The highest BCUT2D eigenvalue weighted by Gasteiger charge is 2.22. The molecule has 0 atom stereocenters. The molecule has 1 saturated heterocycles. The van der Waals surface area contributed by atoms with E-state index in [1.807, 2.05) is 49.4 Å². The van der Waals surface area contributed by atoms with E-state index in [9.17, 15) is 0 Å². The van der Waals surface area contributed by atoms with Crippen molar-refractivity contribution in [1.82, 2.24) is 9.97 Å². The zero-order valence-electron chi connectivity index (χ0n) is 19.4. The fraction of sp³-hybridized carbons (Fsp3) is 0.320. The highest BCUT2D eigenvalue weighted by molar-refractivity contribution is 5.80. The van der Waals surface area contributed by atoms with Gasteiger partial charge in [-0.05, 0) is 36.8 Å². The molecule has 0 saturated carbocycles. The van der Waals surface area contributed by atoms with Gasteiger partial charge in [-0.15, -0.1) is 0 Å². The van der Waals surface area contributed by atoms with Crippen molar-refractivity contribution in [2.24, 2.45) is 5.16 Å². The van der Waals surface area contributed by atoms with Crippen molar-refractivity contribution in [2.45, 2.75) is 13.3 Å². The summed E-state index contributed by atoms with van der Waals surface area (Å²) in [4.78, 5) is 18.3. The van der Waals surface area contributed by atoms with Crippen LogP contribution >= 0.6 is 0 Å². The predicted octanol–water partition coefficient (Wildman–Crippen LogP) is 3.10. The number of aromatic nitrogens is 2. The number of hydrogen-bond donors (Lipinski definition) is 2. The number of nitrogen functional groups attached to an aromatic ring is 2. The van der Waals surface area contributed by atoms with Crippen molar-refractivity contribution >= 4 is 29.4 Å². The Morgan fingerprint density at radius 1 is 0.912 bits per heavy atom. The Bertz CT molecular complexity index is 1060. The number of aryl methyl sites for hydroxylation is 1. The molecule has 4 N–H and O–H groups in total. The molecule has 0 aliphatic carbocycles. The van der Waals surface area contributed by atoms with Crippen LogP contribution in [-0.2, 0) is 4.84 Å². The van der Waals surface area contributed by atoms with Crippen molar-refractivity contribution in [2.75, 3.05) is 60.7 Å². The Hall–Kier alpha value is -4.01. The lowest BCUT2D eigenvalue weighted by molar-refractivity contribution is 0.129.